The topological polar surface area (TPSA) is 42.7 Å². The molecule has 4 nitrogen and oxygen atoms in total. The molecule has 0 aliphatic carbocycles. The average molecular weight is 403 g/mol. The molecule has 29 heavy (non-hydrogen) atoms. The van der Waals surface area contributed by atoms with E-state index in [9.17, 15) is 0 Å². The zero-order valence-corrected chi connectivity index (χ0v) is 17.1. The maximum atomic E-state index is 6.12. The molecular formula is C24H23ClN4. The Balaban J connectivity index is 1.54. The number of nitrogens with one attached hydrogen (secondary N) is 1. The second-order valence-corrected chi connectivity index (χ2v) is 7.55. The van der Waals surface area contributed by atoms with E-state index in [-0.39, 0.29) is 0 Å². The summed E-state index contributed by atoms with van der Waals surface area (Å²) >= 11 is 6.12. The van der Waals surface area contributed by atoms with E-state index in [2.05, 4.69) is 48.6 Å². The van der Waals surface area contributed by atoms with Crippen molar-refractivity contribution < 1.29 is 0 Å². The van der Waals surface area contributed by atoms with Crippen molar-refractivity contribution in [2.24, 2.45) is 0 Å². The van der Waals surface area contributed by atoms with Gasteiger partial charge in [-0.05, 0) is 30.2 Å². The molecule has 0 unspecified atom stereocenters. The van der Waals surface area contributed by atoms with Gasteiger partial charge in [0.1, 0.15) is 11.4 Å². The molecule has 0 saturated carbocycles. The molecule has 0 amide bonds. The molecule has 4 aromatic rings. The van der Waals surface area contributed by atoms with Gasteiger partial charge < -0.3 is 5.32 Å². The van der Waals surface area contributed by atoms with Gasteiger partial charge in [-0.1, -0.05) is 83.9 Å². The van der Waals surface area contributed by atoms with E-state index in [0.717, 1.165) is 34.1 Å². The third-order valence-corrected chi connectivity index (χ3v) is 4.96. The molecule has 0 atom stereocenters. The molecule has 0 aliphatic heterocycles. The third kappa shape index (κ3) is 5.11. The summed E-state index contributed by atoms with van der Waals surface area (Å²) < 4.78 is 0. The van der Waals surface area contributed by atoms with Crippen LogP contribution in [-0.4, -0.2) is 15.0 Å². The quantitative estimate of drug-likeness (QED) is 0.459. The maximum absolute atomic E-state index is 6.12. The lowest BCUT2D eigenvalue weighted by Gasteiger charge is -2.05. The number of aromatic nitrogens is 3. The normalized spacial score (nSPS) is 11.0. The molecule has 4 rings (SSSR count). The summed E-state index contributed by atoms with van der Waals surface area (Å²) in [5.74, 6) is 0. The van der Waals surface area contributed by atoms with Crippen molar-refractivity contribution in [1.29, 1.82) is 0 Å². The highest BCUT2D eigenvalue weighted by Gasteiger charge is 2.13. The van der Waals surface area contributed by atoms with E-state index in [0.29, 0.717) is 13.1 Å². The first kappa shape index (κ1) is 19.4. The molecule has 0 saturated heterocycles. The lowest BCUT2D eigenvalue weighted by atomic mass is 10.1. The van der Waals surface area contributed by atoms with Crippen molar-refractivity contribution in [1.82, 2.24) is 20.3 Å². The van der Waals surface area contributed by atoms with E-state index in [1.165, 1.54) is 11.1 Å². The van der Waals surface area contributed by atoms with Crippen LogP contribution in [0.1, 0.15) is 22.4 Å². The van der Waals surface area contributed by atoms with Crippen molar-refractivity contribution in [3.05, 3.63) is 106 Å². The van der Waals surface area contributed by atoms with Gasteiger partial charge in [-0.15, -0.1) is 0 Å². The number of benzene rings is 3. The molecule has 0 spiro atoms. The summed E-state index contributed by atoms with van der Waals surface area (Å²) in [6.45, 7) is 4.11. The second kappa shape index (κ2) is 9.03. The predicted molar refractivity (Wildman–Crippen MR) is 118 cm³/mol. The fraction of sp³-hybridized carbons (Fsp3) is 0.167. The van der Waals surface area contributed by atoms with E-state index in [4.69, 9.17) is 21.8 Å². The van der Waals surface area contributed by atoms with Gasteiger partial charge in [0.15, 0.2) is 0 Å². The minimum atomic E-state index is 0.582. The SMILES string of the molecule is Cc1ccc(CNCc2nn(Cc3cccc(Cl)c3)nc2-c2ccccc2)cc1. The summed E-state index contributed by atoms with van der Waals surface area (Å²) in [7, 11) is 0. The van der Waals surface area contributed by atoms with Crippen molar-refractivity contribution in [3.63, 3.8) is 0 Å². The van der Waals surface area contributed by atoms with Crippen LogP contribution >= 0.6 is 11.6 Å². The van der Waals surface area contributed by atoms with Crippen LogP contribution < -0.4 is 5.32 Å². The highest BCUT2D eigenvalue weighted by Crippen LogP contribution is 2.21. The Hall–Kier alpha value is -2.95. The second-order valence-electron chi connectivity index (χ2n) is 7.11. The molecular weight excluding hydrogens is 380 g/mol. The van der Waals surface area contributed by atoms with Crippen LogP contribution in [0.4, 0.5) is 0 Å². The Bertz CT molecular complexity index is 1070. The Morgan fingerprint density at radius 2 is 1.62 bits per heavy atom. The van der Waals surface area contributed by atoms with Crippen molar-refractivity contribution >= 4 is 11.6 Å². The van der Waals surface area contributed by atoms with Crippen molar-refractivity contribution in [2.45, 2.75) is 26.6 Å². The zero-order chi connectivity index (χ0) is 20.1. The smallest absolute Gasteiger partial charge is 0.117 e. The molecule has 1 heterocycles. The molecule has 0 fully saturated rings. The van der Waals surface area contributed by atoms with Crippen LogP contribution in [0.3, 0.4) is 0 Å². The van der Waals surface area contributed by atoms with Gasteiger partial charge in [-0.3, -0.25) is 0 Å². The number of aryl methyl sites for hydroxylation is 1. The minimum Gasteiger partial charge on any atom is -0.307 e. The van der Waals surface area contributed by atoms with Crippen LogP contribution in [0, 0.1) is 6.92 Å². The maximum Gasteiger partial charge on any atom is 0.117 e. The van der Waals surface area contributed by atoms with E-state index in [1.807, 2.05) is 42.5 Å². The van der Waals surface area contributed by atoms with Crippen LogP contribution in [0.2, 0.25) is 5.02 Å². The van der Waals surface area contributed by atoms with Crippen LogP contribution in [0.15, 0.2) is 78.9 Å². The fourth-order valence-electron chi connectivity index (χ4n) is 3.22. The fourth-order valence-corrected chi connectivity index (χ4v) is 3.44. The van der Waals surface area contributed by atoms with Crippen LogP contribution in [-0.2, 0) is 19.6 Å². The summed E-state index contributed by atoms with van der Waals surface area (Å²) in [6.07, 6.45) is 0. The number of hydrogen-bond acceptors (Lipinski definition) is 3. The lowest BCUT2D eigenvalue weighted by Crippen LogP contribution is -2.14. The summed E-state index contributed by atoms with van der Waals surface area (Å²) in [5, 5.41) is 13.7. The standard InChI is InChI=1S/C24H23ClN4/c1-18-10-12-19(13-11-18)15-26-16-23-24(21-7-3-2-4-8-21)28-29(27-23)17-20-6-5-9-22(25)14-20/h2-14,26H,15-17H2,1H3. The first-order valence-electron chi connectivity index (χ1n) is 9.67. The number of nitrogens with zero attached hydrogens (tertiary/aromatic N) is 3. The van der Waals surface area contributed by atoms with Gasteiger partial charge in [0.05, 0.1) is 6.54 Å². The molecule has 146 valence electrons. The highest BCUT2D eigenvalue weighted by molar-refractivity contribution is 6.30. The highest BCUT2D eigenvalue weighted by atomic mass is 35.5. The predicted octanol–water partition coefficient (Wildman–Crippen LogP) is 5.25. The summed E-state index contributed by atoms with van der Waals surface area (Å²) in [4.78, 5) is 1.75. The Morgan fingerprint density at radius 1 is 0.828 bits per heavy atom. The number of hydrogen-bond donors (Lipinski definition) is 1. The van der Waals surface area contributed by atoms with Crippen LogP contribution in [0.5, 0.6) is 0 Å². The molecule has 0 radical (unpaired) electrons. The molecule has 1 N–H and O–H groups in total. The van der Waals surface area contributed by atoms with Gasteiger partial charge >= 0.3 is 0 Å². The van der Waals surface area contributed by atoms with Gasteiger partial charge in [0, 0.05) is 23.7 Å². The van der Waals surface area contributed by atoms with Crippen molar-refractivity contribution in [3.8, 4) is 11.3 Å². The van der Waals surface area contributed by atoms with Crippen molar-refractivity contribution in [2.75, 3.05) is 0 Å². The molecule has 5 heteroatoms. The average Bonchev–Trinajstić information content (AvgIpc) is 3.13. The first-order chi connectivity index (χ1) is 14.2. The van der Waals surface area contributed by atoms with Crippen LogP contribution in [0.25, 0.3) is 11.3 Å². The molecule has 3 aromatic carbocycles. The first-order valence-corrected chi connectivity index (χ1v) is 10.1. The Morgan fingerprint density at radius 3 is 2.38 bits per heavy atom. The zero-order valence-electron chi connectivity index (χ0n) is 16.3. The van der Waals surface area contributed by atoms with E-state index in [1.54, 1.807) is 4.80 Å². The summed E-state index contributed by atoms with van der Waals surface area (Å²) in [6, 6.07) is 26.6. The van der Waals surface area contributed by atoms with Gasteiger partial charge in [-0.2, -0.15) is 15.0 Å². The Kier molecular flexibility index (Phi) is 6.03. The summed E-state index contributed by atoms with van der Waals surface area (Å²) in [5.41, 5.74) is 6.50. The minimum absolute atomic E-state index is 0.582. The molecule has 0 bridgehead atoms. The molecule has 1 aromatic heterocycles. The number of rotatable bonds is 7. The number of halogens is 1. The third-order valence-electron chi connectivity index (χ3n) is 4.73. The van der Waals surface area contributed by atoms with Gasteiger partial charge in [-0.25, -0.2) is 0 Å². The van der Waals surface area contributed by atoms with Gasteiger partial charge in [0.2, 0.25) is 0 Å². The Labute approximate surface area is 176 Å². The van der Waals surface area contributed by atoms with Gasteiger partial charge in [0.25, 0.3) is 0 Å². The largest absolute Gasteiger partial charge is 0.307 e. The van der Waals surface area contributed by atoms with E-state index < -0.39 is 0 Å². The molecule has 0 aliphatic rings. The lowest BCUT2D eigenvalue weighted by molar-refractivity contribution is 0.576. The van der Waals surface area contributed by atoms with E-state index >= 15 is 0 Å². The monoisotopic (exact) mass is 402 g/mol.